The molecule has 0 aromatic carbocycles. The molecule has 0 amide bonds. The lowest BCUT2D eigenvalue weighted by molar-refractivity contribution is 0.135. The molecule has 1 atom stereocenters. The van der Waals surface area contributed by atoms with Gasteiger partial charge in [-0.05, 0) is 25.7 Å². The van der Waals surface area contributed by atoms with E-state index in [0.717, 1.165) is 0 Å². The number of hydrogen-bond donors (Lipinski definition) is 0. The summed E-state index contributed by atoms with van der Waals surface area (Å²) in [6.07, 6.45) is 51.4. The SMILES string of the molecule is CCCCCCCCCCCCCCCCN1C=CN(CCCCCCCC)C1CCCCCCCCCCCCC. The van der Waals surface area contributed by atoms with Gasteiger partial charge in [-0.1, -0.05) is 201 Å². The molecule has 1 rings (SSSR count). The molecule has 250 valence electrons. The molecule has 42 heavy (non-hydrogen) atoms. The van der Waals surface area contributed by atoms with Crippen LogP contribution in [0.5, 0.6) is 0 Å². The minimum Gasteiger partial charge on any atom is -0.356 e. The van der Waals surface area contributed by atoms with Crippen LogP contribution in [0.4, 0.5) is 0 Å². The van der Waals surface area contributed by atoms with Gasteiger partial charge in [0.1, 0.15) is 6.17 Å². The summed E-state index contributed by atoms with van der Waals surface area (Å²) in [6, 6.07) is 0. The Kier molecular flexibility index (Phi) is 29.8. The molecule has 1 aliphatic rings. The average molecular weight is 589 g/mol. The fourth-order valence-corrected chi connectivity index (χ4v) is 6.89. The first kappa shape index (κ1) is 39.4. The van der Waals surface area contributed by atoms with Crippen molar-refractivity contribution in [3.8, 4) is 0 Å². The van der Waals surface area contributed by atoms with Gasteiger partial charge >= 0.3 is 0 Å². The second-order valence-corrected chi connectivity index (χ2v) is 13.9. The Morgan fingerprint density at radius 2 is 0.548 bits per heavy atom. The van der Waals surface area contributed by atoms with E-state index in [1.165, 1.54) is 219 Å². The zero-order valence-corrected chi connectivity index (χ0v) is 29.7. The molecule has 0 aromatic rings. The standard InChI is InChI=1S/C40H80N2/c1-4-7-10-13-16-18-20-21-22-24-26-28-31-34-37-42-39-38-41(36-33-30-15-12-9-6-3)40(42)35-32-29-27-25-23-19-17-14-11-8-5-2/h38-40H,4-37H2,1-3H3. The van der Waals surface area contributed by atoms with Crippen molar-refractivity contribution in [2.24, 2.45) is 0 Å². The molecule has 0 radical (unpaired) electrons. The van der Waals surface area contributed by atoms with Gasteiger partial charge in [0.2, 0.25) is 0 Å². The maximum atomic E-state index is 2.72. The predicted molar refractivity (Wildman–Crippen MR) is 191 cm³/mol. The Hall–Kier alpha value is -0.660. The van der Waals surface area contributed by atoms with E-state index in [4.69, 9.17) is 0 Å². The van der Waals surface area contributed by atoms with E-state index in [-0.39, 0.29) is 0 Å². The summed E-state index contributed by atoms with van der Waals surface area (Å²) in [5.74, 6) is 0. The second-order valence-electron chi connectivity index (χ2n) is 13.9. The van der Waals surface area contributed by atoms with Crippen LogP contribution in [0, 0.1) is 0 Å². The van der Waals surface area contributed by atoms with Gasteiger partial charge in [-0.2, -0.15) is 0 Å². The van der Waals surface area contributed by atoms with Crippen LogP contribution in [-0.4, -0.2) is 29.1 Å². The molecule has 0 spiro atoms. The molecule has 0 fully saturated rings. The average Bonchev–Trinajstić information content (AvgIpc) is 3.38. The van der Waals surface area contributed by atoms with E-state index in [2.05, 4.69) is 43.0 Å². The fraction of sp³-hybridized carbons (Fsp3) is 0.950. The number of hydrogen-bond acceptors (Lipinski definition) is 2. The smallest absolute Gasteiger partial charge is 0.101 e. The van der Waals surface area contributed by atoms with Crippen molar-refractivity contribution in [1.29, 1.82) is 0 Å². The summed E-state index contributed by atoms with van der Waals surface area (Å²) in [7, 11) is 0. The molecule has 0 saturated carbocycles. The van der Waals surface area contributed by atoms with Crippen LogP contribution >= 0.6 is 0 Å². The Labute approximate surface area is 267 Å². The Morgan fingerprint density at radius 3 is 0.833 bits per heavy atom. The summed E-state index contributed by atoms with van der Waals surface area (Å²) in [4.78, 5) is 5.42. The normalized spacial score (nSPS) is 15.0. The topological polar surface area (TPSA) is 6.48 Å². The third-order valence-electron chi connectivity index (χ3n) is 9.82. The zero-order valence-electron chi connectivity index (χ0n) is 29.7. The number of nitrogens with zero attached hydrogens (tertiary/aromatic N) is 2. The van der Waals surface area contributed by atoms with E-state index < -0.39 is 0 Å². The Balaban J connectivity index is 2.17. The molecule has 0 bridgehead atoms. The lowest BCUT2D eigenvalue weighted by Crippen LogP contribution is -2.39. The van der Waals surface area contributed by atoms with Gasteiger partial charge in [0.15, 0.2) is 0 Å². The molecule has 1 unspecified atom stereocenters. The molecular weight excluding hydrogens is 508 g/mol. The van der Waals surface area contributed by atoms with E-state index in [1.807, 2.05) is 0 Å². The lowest BCUT2D eigenvalue weighted by Gasteiger charge is -2.33. The summed E-state index contributed by atoms with van der Waals surface area (Å²) in [5.41, 5.74) is 0. The fourth-order valence-electron chi connectivity index (χ4n) is 6.89. The van der Waals surface area contributed by atoms with E-state index in [1.54, 1.807) is 0 Å². The highest BCUT2D eigenvalue weighted by molar-refractivity contribution is 4.97. The molecule has 2 nitrogen and oxygen atoms in total. The highest BCUT2D eigenvalue weighted by atomic mass is 15.4. The minimum absolute atomic E-state index is 0.640. The predicted octanol–water partition coefficient (Wildman–Crippen LogP) is 13.9. The van der Waals surface area contributed by atoms with Gasteiger partial charge in [0.25, 0.3) is 0 Å². The molecule has 1 heterocycles. The van der Waals surface area contributed by atoms with Crippen LogP contribution in [0.1, 0.15) is 226 Å². The van der Waals surface area contributed by atoms with Crippen LogP contribution in [0.3, 0.4) is 0 Å². The van der Waals surface area contributed by atoms with Crippen LogP contribution in [0.25, 0.3) is 0 Å². The largest absolute Gasteiger partial charge is 0.356 e. The number of rotatable bonds is 34. The van der Waals surface area contributed by atoms with Gasteiger partial charge in [-0.25, -0.2) is 0 Å². The zero-order chi connectivity index (χ0) is 30.2. The Bertz CT molecular complexity index is 544. The molecule has 0 aliphatic carbocycles. The van der Waals surface area contributed by atoms with Crippen molar-refractivity contribution < 1.29 is 0 Å². The highest BCUT2D eigenvalue weighted by Gasteiger charge is 2.24. The van der Waals surface area contributed by atoms with Crippen LogP contribution in [-0.2, 0) is 0 Å². The van der Waals surface area contributed by atoms with Gasteiger partial charge in [0.05, 0.1) is 0 Å². The van der Waals surface area contributed by atoms with Gasteiger partial charge in [0, 0.05) is 25.5 Å². The first-order chi connectivity index (χ1) is 20.8. The van der Waals surface area contributed by atoms with E-state index in [9.17, 15) is 0 Å². The van der Waals surface area contributed by atoms with Gasteiger partial charge in [-0.3, -0.25) is 0 Å². The molecule has 0 N–H and O–H groups in total. The monoisotopic (exact) mass is 589 g/mol. The van der Waals surface area contributed by atoms with Gasteiger partial charge < -0.3 is 9.80 Å². The summed E-state index contributed by atoms with van der Waals surface area (Å²) < 4.78 is 0. The van der Waals surface area contributed by atoms with E-state index >= 15 is 0 Å². The molecular formula is C40H80N2. The van der Waals surface area contributed by atoms with E-state index in [0.29, 0.717) is 6.17 Å². The first-order valence-corrected chi connectivity index (χ1v) is 20.0. The minimum atomic E-state index is 0.640. The third kappa shape index (κ3) is 23.8. The maximum Gasteiger partial charge on any atom is 0.101 e. The molecule has 2 heteroatoms. The Morgan fingerprint density at radius 1 is 0.310 bits per heavy atom. The molecule has 1 aliphatic heterocycles. The van der Waals surface area contributed by atoms with Gasteiger partial charge in [-0.15, -0.1) is 0 Å². The van der Waals surface area contributed by atoms with Crippen LogP contribution < -0.4 is 0 Å². The summed E-state index contributed by atoms with van der Waals surface area (Å²) in [6.45, 7) is 9.48. The summed E-state index contributed by atoms with van der Waals surface area (Å²) >= 11 is 0. The lowest BCUT2D eigenvalue weighted by atomic mass is 10.0. The molecule has 0 saturated heterocycles. The van der Waals surface area contributed by atoms with Crippen molar-refractivity contribution in [3.05, 3.63) is 12.4 Å². The van der Waals surface area contributed by atoms with Crippen molar-refractivity contribution in [1.82, 2.24) is 9.80 Å². The van der Waals surface area contributed by atoms with Crippen molar-refractivity contribution in [2.75, 3.05) is 13.1 Å². The first-order valence-electron chi connectivity index (χ1n) is 20.0. The van der Waals surface area contributed by atoms with Crippen molar-refractivity contribution >= 4 is 0 Å². The molecule has 0 aromatic heterocycles. The number of unbranched alkanes of at least 4 members (excludes halogenated alkanes) is 28. The second kappa shape index (κ2) is 31.8. The van der Waals surface area contributed by atoms with Crippen molar-refractivity contribution in [2.45, 2.75) is 232 Å². The summed E-state index contributed by atoms with van der Waals surface area (Å²) in [5, 5.41) is 0. The highest BCUT2D eigenvalue weighted by Crippen LogP contribution is 2.24. The quantitative estimate of drug-likeness (QED) is 0.0690. The van der Waals surface area contributed by atoms with Crippen molar-refractivity contribution in [3.63, 3.8) is 0 Å². The maximum absolute atomic E-state index is 2.72. The van der Waals surface area contributed by atoms with Crippen LogP contribution in [0.15, 0.2) is 12.4 Å². The van der Waals surface area contributed by atoms with Crippen LogP contribution in [0.2, 0.25) is 0 Å². The third-order valence-corrected chi connectivity index (χ3v) is 9.82.